The first-order valence-electron chi connectivity index (χ1n) is 45.2. The average molecular weight is 1920 g/mol. The van der Waals surface area contributed by atoms with Gasteiger partial charge in [0.1, 0.15) is 82.2 Å². The molecule has 0 unspecified atom stereocenters. The third kappa shape index (κ3) is 28.2. The maximum atomic E-state index is 15.6. The summed E-state index contributed by atoms with van der Waals surface area (Å²) in [5, 5.41) is 17.8. The molecular formula is C105H98N8O28. The minimum absolute atomic E-state index is 0.0357. The molecule has 0 spiro atoms. The zero-order valence-corrected chi connectivity index (χ0v) is 75.5. The number of carbonyl (C=O) groups excluding carboxylic acids is 11. The number of nitrogens with one attached hydrogen (secondary N) is 5. The molecule has 5 amide bonds. The Labute approximate surface area is 808 Å². The fourth-order valence-corrected chi connectivity index (χ4v) is 16.1. The minimum atomic E-state index is -2.27. The van der Waals surface area contributed by atoms with E-state index in [-0.39, 0.29) is 66.2 Å². The van der Waals surface area contributed by atoms with E-state index in [0.29, 0.717) is 27.8 Å². The van der Waals surface area contributed by atoms with E-state index in [1.165, 1.54) is 109 Å². The standard InChI is InChI=1S/C105H98N8O28/c106-113-108-58-77-56-81(132-92(115)72-46-24-7-25-47-72)83(111-104(123)129-63-69-40-18-4-19-41-69)98(131-77)138-87-80(110-103(122)128-62-68-38-16-3-17-39-68)57-79(109-102(121)127-61-67-36-14-2-15-37-67)86(134-93(116)73-48-26-8-27-49-73)90(87)139-97-78(65-125-91(114)71-44-22-6-23-45-71)85(100(141-97)140-96(119)76-54-32-11-33-55-76)137-99-84(112-105(124)130-64-70-42-20-5-21-43-70)89(136-95(118)75-52-30-10-31-53-75)88(135-94(117)74-50-28-9-29-51-74)82(133-99)59-107-101(120)126-60-66-34-12-1-13-35-66/h1-55,77-90,97-100H,56-65H2,(H,107,120)(H,109,121)(H,110,122)(H,111,123)(H,112,124)/t77-,78+,79+,80-,81-,82-,83+,84+,85+,86-,87+,88+,89+,90+,97+,98+,99+,100-/m0/s1. The van der Waals surface area contributed by atoms with Crippen LogP contribution >= 0.6 is 0 Å². The van der Waals surface area contributed by atoms with Crippen molar-refractivity contribution in [1.82, 2.24) is 26.6 Å². The number of azide groups is 1. The smallest absolute Gasteiger partial charge is 0.407 e. The molecule has 3 aliphatic heterocycles. The second kappa shape index (κ2) is 50.1. The molecular weight excluding hydrogens is 1820 g/mol. The molecule has 3 heterocycles. The molecule has 36 heteroatoms. The van der Waals surface area contributed by atoms with Crippen LogP contribution < -0.4 is 26.6 Å². The van der Waals surface area contributed by atoms with E-state index in [2.05, 4.69) is 36.6 Å². The van der Waals surface area contributed by atoms with Crippen LogP contribution in [-0.4, -0.2) is 190 Å². The topological polar surface area (TPSA) is 454 Å². The van der Waals surface area contributed by atoms with E-state index in [0.717, 1.165) is 0 Å². The first kappa shape index (κ1) is 99.1. The predicted octanol–water partition coefficient (Wildman–Crippen LogP) is 14.7. The van der Waals surface area contributed by atoms with Crippen LogP contribution in [0.3, 0.4) is 0 Å². The number of carbonyl (C=O) groups is 11. The van der Waals surface area contributed by atoms with E-state index in [9.17, 15) is 24.7 Å². The molecule has 11 aromatic rings. The van der Waals surface area contributed by atoms with Gasteiger partial charge >= 0.3 is 66.3 Å². The minimum Gasteiger partial charge on any atom is -0.461 e. The van der Waals surface area contributed by atoms with Gasteiger partial charge in [0.05, 0.1) is 70.6 Å². The summed E-state index contributed by atoms with van der Waals surface area (Å²) >= 11 is 0. The molecule has 3 saturated heterocycles. The van der Waals surface area contributed by atoms with Crippen molar-refractivity contribution >= 4 is 66.3 Å². The quantitative estimate of drug-likeness (QED) is 0.00793. The second-order valence-corrected chi connectivity index (χ2v) is 32.7. The summed E-state index contributed by atoms with van der Waals surface area (Å²) in [5.74, 6) is -8.25. The second-order valence-electron chi connectivity index (χ2n) is 32.7. The molecule has 141 heavy (non-hydrogen) atoms. The Balaban J connectivity index is 0.918. The van der Waals surface area contributed by atoms with Crippen LogP contribution in [0, 0.1) is 5.92 Å². The highest BCUT2D eigenvalue weighted by Crippen LogP contribution is 2.42. The lowest BCUT2D eigenvalue weighted by Crippen LogP contribution is -2.69. The Bertz CT molecular complexity index is 6010. The fraction of sp³-hybridized carbons (Fsp3) is 0.267. The molecule has 5 N–H and O–H groups in total. The molecule has 4 aliphatic rings. The number of benzene rings is 11. The number of hydrogen-bond donors (Lipinski definition) is 5. The highest BCUT2D eigenvalue weighted by atomic mass is 16.8. The van der Waals surface area contributed by atoms with Gasteiger partial charge in [-0.1, -0.05) is 266 Å². The predicted molar refractivity (Wildman–Crippen MR) is 497 cm³/mol. The van der Waals surface area contributed by atoms with Crippen molar-refractivity contribution in [3.05, 3.63) is 405 Å². The zero-order valence-electron chi connectivity index (χ0n) is 75.5. The number of hydrogen-bond acceptors (Lipinski definition) is 29. The Hall–Kier alpha value is -16.3. The summed E-state index contributed by atoms with van der Waals surface area (Å²) < 4.78 is 112. The molecule has 1 aliphatic carbocycles. The van der Waals surface area contributed by atoms with E-state index < -0.39 is 209 Å². The number of ether oxygens (including phenoxy) is 17. The van der Waals surface area contributed by atoms with Crippen LogP contribution in [-0.2, 0) is 114 Å². The summed E-state index contributed by atoms with van der Waals surface area (Å²) in [6.45, 7) is -3.94. The van der Waals surface area contributed by atoms with Gasteiger partial charge in [-0.05, 0) is 113 Å². The lowest BCUT2D eigenvalue weighted by molar-refractivity contribution is -0.301. The molecule has 15 rings (SSSR count). The van der Waals surface area contributed by atoms with Crippen molar-refractivity contribution in [3.63, 3.8) is 0 Å². The number of rotatable bonds is 37. The molecule has 1 saturated carbocycles. The van der Waals surface area contributed by atoms with Gasteiger partial charge in [-0.2, -0.15) is 0 Å². The number of esters is 6. The molecule has 0 radical (unpaired) electrons. The lowest BCUT2D eigenvalue weighted by atomic mass is 9.82. The van der Waals surface area contributed by atoms with Gasteiger partial charge in [0, 0.05) is 11.3 Å². The van der Waals surface area contributed by atoms with Crippen LogP contribution in [0.15, 0.2) is 339 Å². The van der Waals surface area contributed by atoms with Crippen LogP contribution in [0.25, 0.3) is 10.4 Å². The summed E-state index contributed by atoms with van der Waals surface area (Å²) in [7, 11) is 0. The third-order valence-corrected chi connectivity index (χ3v) is 23.0. The molecule has 18 atom stereocenters. The van der Waals surface area contributed by atoms with Crippen molar-refractivity contribution in [2.24, 2.45) is 11.0 Å². The first-order valence-corrected chi connectivity index (χ1v) is 45.2. The fourth-order valence-electron chi connectivity index (χ4n) is 16.1. The Morgan fingerprint density at radius 3 is 1.04 bits per heavy atom. The molecule has 726 valence electrons. The highest BCUT2D eigenvalue weighted by molar-refractivity contribution is 5.92. The summed E-state index contributed by atoms with van der Waals surface area (Å²) in [6.07, 6.45) is -32.7. The van der Waals surface area contributed by atoms with Crippen LogP contribution in [0.2, 0.25) is 0 Å². The molecule has 0 bridgehead atoms. The maximum absolute atomic E-state index is 15.6. The normalized spacial score (nSPS) is 22.7. The van der Waals surface area contributed by atoms with Gasteiger partial charge in [0.15, 0.2) is 37.2 Å². The van der Waals surface area contributed by atoms with Gasteiger partial charge in [-0.15, -0.1) is 0 Å². The van der Waals surface area contributed by atoms with E-state index >= 15 is 33.6 Å². The Kier molecular flexibility index (Phi) is 35.2. The van der Waals surface area contributed by atoms with Crippen LogP contribution in [0.1, 0.15) is 103 Å². The lowest BCUT2D eigenvalue weighted by Gasteiger charge is -2.49. The first-order chi connectivity index (χ1) is 68.9. The monoisotopic (exact) mass is 1920 g/mol. The van der Waals surface area contributed by atoms with E-state index in [4.69, 9.17) is 80.5 Å². The van der Waals surface area contributed by atoms with Gasteiger partial charge in [0.2, 0.25) is 6.29 Å². The van der Waals surface area contributed by atoms with Gasteiger partial charge < -0.3 is 107 Å². The van der Waals surface area contributed by atoms with Crippen molar-refractivity contribution < 1.29 is 133 Å². The Morgan fingerprint density at radius 2 is 0.624 bits per heavy atom. The van der Waals surface area contributed by atoms with Crippen molar-refractivity contribution in [3.8, 4) is 0 Å². The van der Waals surface area contributed by atoms with Gasteiger partial charge in [0.25, 0.3) is 0 Å². The van der Waals surface area contributed by atoms with Crippen LogP contribution in [0.5, 0.6) is 0 Å². The summed E-state index contributed by atoms with van der Waals surface area (Å²) in [5.41, 5.74) is 12.3. The van der Waals surface area contributed by atoms with Gasteiger partial charge in [-0.3, -0.25) is 0 Å². The largest absolute Gasteiger partial charge is 0.461 e. The molecule has 0 aromatic heterocycles. The average Bonchev–Trinajstić information content (AvgIpc) is 1.72. The highest BCUT2D eigenvalue weighted by Gasteiger charge is 2.60. The number of nitrogens with zero attached hydrogens (tertiary/aromatic N) is 3. The molecule has 36 nitrogen and oxygen atoms in total. The van der Waals surface area contributed by atoms with E-state index in [1.807, 2.05) is 0 Å². The Morgan fingerprint density at radius 1 is 0.298 bits per heavy atom. The zero-order chi connectivity index (χ0) is 98.0. The summed E-state index contributed by atoms with van der Waals surface area (Å²) in [6, 6.07) is 80.9. The van der Waals surface area contributed by atoms with Crippen LogP contribution in [0.4, 0.5) is 24.0 Å². The number of alkyl carbamates (subject to hydrolysis) is 5. The maximum Gasteiger partial charge on any atom is 0.407 e. The molecule has 11 aromatic carbocycles. The SMILES string of the molecule is [N-]=[N+]=NC[C@@H]1C[C@H](OC(=O)c2ccccc2)[C@@H](NC(=O)OCc2ccccc2)[C@@H](O[C@H]2[C@H](O[C@@H]3O[C@H](OC(=O)c4ccccc4)[C@H](O[C@H]4O[C@@H](CNC(=O)OCc5ccccc5)[C@@H](OC(=O)c5ccccc5)[C@H](OC(=O)c5ccccc5)[C@H]4NC(=O)OCc4ccccc4)[C@H]3COC(=O)c3ccccc3)[C@@H](OC(=O)c3ccccc3)[C@H](NC(=O)OCc3ccccc3)C[C@@H]2NC(=O)OCc2ccccc2)O1. The third-order valence-electron chi connectivity index (χ3n) is 23.0. The number of amides is 5. The van der Waals surface area contributed by atoms with Crippen molar-refractivity contribution in [1.29, 1.82) is 0 Å². The van der Waals surface area contributed by atoms with E-state index in [1.54, 1.807) is 224 Å². The molecule has 4 fully saturated rings. The van der Waals surface area contributed by atoms with Crippen molar-refractivity contribution in [2.75, 3.05) is 19.7 Å². The van der Waals surface area contributed by atoms with Gasteiger partial charge in [-0.25, -0.2) is 52.7 Å². The summed E-state index contributed by atoms with van der Waals surface area (Å²) in [4.78, 5) is 169. The van der Waals surface area contributed by atoms with Crippen molar-refractivity contribution in [2.45, 2.75) is 150 Å².